The predicted molar refractivity (Wildman–Crippen MR) is 89.1 cm³/mol. The molecule has 6 heteroatoms. The second-order valence-electron chi connectivity index (χ2n) is 5.96. The van der Waals surface area contributed by atoms with E-state index in [1.165, 1.54) is 0 Å². The lowest BCUT2D eigenvalue weighted by molar-refractivity contribution is -0.147. The molecule has 2 atom stereocenters. The van der Waals surface area contributed by atoms with Crippen molar-refractivity contribution in [2.75, 3.05) is 19.7 Å². The highest BCUT2D eigenvalue weighted by Gasteiger charge is 2.35. The van der Waals surface area contributed by atoms with Crippen LogP contribution in [-0.2, 0) is 25.5 Å². The molecule has 130 valence electrons. The Balaban J connectivity index is 1.82. The molecular weight excluding hydrogens is 308 g/mol. The van der Waals surface area contributed by atoms with Crippen molar-refractivity contribution < 1.29 is 19.1 Å². The number of nitrogens with zero attached hydrogens (tertiary/aromatic N) is 1. The van der Waals surface area contributed by atoms with E-state index in [2.05, 4.69) is 5.32 Å². The number of hydrogen-bond acceptors (Lipinski definition) is 4. The van der Waals surface area contributed by atoms with E-state index in [1.54, 1.807) is 18.7 Å². The molecule has 1 N–H and O–H groups in total. The number of carbonyl (C=O) groups is 3. The summed E-state index contributed by atoms with van der Waals surface area (Å²) in [6, 6.07) is 9.22. The molecule has 0 bridgehead atoms. The van der Waals surface area contributed by atoms with Crippen LogP contribution in [0.2, 0.25) is 0 Å². The molecule has 0 spiro atoms. The quantitative estimate of drug-likeness (QED) is 0.760. The van der Waals surface area contributed by atoms with E-state index >= 15 is 0 Å². The van der Waals surface area contributed by atoms with Crippen LogP contribution in [-0.4, -0.2) is 48.4 Å². The Morgan fingerprint density at radius 3 is 2.71 bits per heavy atom. The highest BCUT2D eigenvalue weighted by atomic mass is 16.5. The molecule has 0 aliphatic carbocycles. The van der Waals surface area contributed by atoms with Gasteiger partial charge in [0.25, 0.3) is 0 Å². The Morgan fingerprint density at radius 1 is 1.33 bits per heavy atom. The van der Waals surface area contributed by atoms with Gasteiger partial charge in [-0.05, 0) is 25.8 Å². The Morgan fingerprint density at radius 2 is 2.04 bits per heavy atom. The minimum atomic E-state index is -0.703. The van der Waals surface area contributed by atoms with Crippen LogP contribution in [0.1, 0.15) is 25.8 Å². The van der Waals surface area contributed by atoms with Gasteiger partial charge in [0.1, 0.15) is 6.04 Å². The van der Waals surface area contributed by atoms with E-state index < -0.39 is 17.9 Å². The van der Waals surface area contributed by atoms with Gasteiger partial charge in [0.2, 0.25) is 11.8 Å². The summed E-state index contributed by atoms with van der Waals surface area (Å²) in [6.45, 7) is 4.56. The summed E-state index contributed by atoms with van der Waals surface area (Å²) in [7, 11) is 0. The topological polar surface area (TPSA) is 75.7 Å². The van der Waals surface area contributed by atoms with Crippen molar-refractivity contribution in [1.29, 1.82) is 0 Å². The molecule has 0 saturated carbocycles. The van der Waals surface area contributed by atoms with Gasteiger partial charge in [-0.2, -0.15) is 0 Å². The Labute approximate surface area is 142 Å². The first kappa shape index (κ1) is 18.0. The normalized spacial score (nSPS) is 18.3. The zero-order valence-corrected chi connectivity index (χ0v) is 14.2. The molecule has 1 aliphatic rings. The number of rotatable bonds is 7. The summed E-state index contributed by atoms with van der Waals surface area (Å²) in [6.07, 6.45) is 0.955. The molecule has 1 heterocycles. The van der Waals surface area contributed by atoms with Crippen molar-refractivity contribution in [3.05, 3.63) is 35.9 Å². The molecule has 0 aromatic heterocycles. The first-order valence-corrected chi connectivity index (χ1v) is 8.30. The van der Waals surface area contributed by atoms with Gasteiger partial charge in [-0.25, -0.2) is 4.79 Å². The monoisotopic (exact) mass is 332 g/mol. The number of esters is 1. The molecule has 6 nitrogen and oxygen atoms in total. The zero-order chi connectivity index (χ0) is 17.5. The van der Waals surface area contributed by atoms with E-state index in [4.69, 9.17) is 4.74 Å². The Kier molecular flexibility index (Phi) is 6.35. The third-order valence-corrected chi connectivity index (χ3v) is 4.10. The van der Waals surface area contributed by atoms with Crippen LogP contribution in [0.3, 0.4) is 0 Å². The van der Waals surface area contributed by atoms with Crippen LogP contribution in [0.5, 0.6) is 0 Å². The number of ether oxygens (including phenoxy) is 1. The van der Waals surface area contributed by atoms with Crippen LogP contribution in [0.25, 0.3) is 0 Å². The van der Waals surface area contributed by atoms with Gasteiger partial charge >= 0.3 is 5.97 Å². The van der Waals surface area contributed by atoms with E-state index in [9.17, 15) is 14.4 Å². The van der Waals surface area contributed by atoms with Crippen molar-refractivity contribution in [2.45, 2.75) is 32.7 Å². The lowest BCUT2D eigenvalue weighted by Gasteiger charge is -2.18. The van der Waals surface area contributed by atoms with Crippen LogP contribution in [0, 0.1) is 5.92 Å². The number of hydrogen-bond donors (Lipinski definition) is 1. The third kappa shape index (κ3) is 4.81. The summed E-state index contributed by atoms with van der Waals surface area (Å²) in [4.78, 5) is 37.6. The van der Waals surface area contributed by atoms with E-state index in [-0.39, 0.29) is 24.8 Å². The zero-order valence-electron chi connectivity index (χ0n) is 14.2. The molecule has 0 unspecified atom stereocenters. The molecule has 2 amide bonds. The van der Waals surface area contributed by atoms with Gasteiger partial charge in [-0.15, -0.1) is 0 Å². The smallest absolute Gasteiger partial charge is 0.328 e. The fourth-order valence-electron chi connectivity index (χ4n) is 2.73. The highest BCUT2D eigenvalue weighted by Crippen LogP contribution is 2.18. The predicted octanol–water partition coefficient (Wildman–Crippen LogP) is 1.15. The molecule has 0 radical (unpaired) electrons. The summed E-state index contributed by atoms with van der Waals surface area (Å²) < 4.78 is 4.87. The van der Waals surface area contributed by atoms with Crippen molar-refractivity contribution in [3.63, 3.8) is 0 Å². The molecule has 24 heavy (non-hydrogen) atoms. The van der Waals surface area contributed by atoms with Crippen LogP contribution in [0.15, 0.2) is 30.3 Å². The molecule has 2 rings (SSSR count). The molecule has 1 aliphatic heterocycles. The molecule has 1 fully saturated rings. The van der Waals surface area contributed by atoms with Crippen LogP contribution >= 0.6 is 0 Å². The maximum absolute atomic E-state index is 12.2. The maximum Gasteiger partial charge on any atom is 0.328 e. The number of likely N-dealkylation sites (tertiary alicyclic amines) is 1. The van der Waals surface area contributed by atoms with E-state index in [1.807, 2.05) is 30.3 Å². The Bertz CT molecular complexity index is 588. The highest BCUT2D eigenvalue weighted by molar-refractivity contribution is 5.91. The second kappa shape index (κ2) is 8.47. The maximum atomic E-state index is 12.2. The minimum Gasteiger partial charge on any atom is -0.464 e. The summed E-state index contributed by atoms with van der Waals surface area (Å²) >= 11 is 0. The average molecular weight is 332 g/mol. The number of carbonyl (C=O) groups excluding carboxylic acids is 3. The van der Waals surface area contributed by atoms with Crippen LogP contribution < -0.4 is 5.32 Å². The van der Waals surface area contributed by atoms with Crippen molar-refractivity contribution in [1.82, 2.24) is 10.2 Å². The Hall–Kier alpha value is -2.37. The fraction of sp³-hybridized carbons (Fsp3) is 0.500. The van der Waals surface area contributed by atoms with E-state index in [0.29, 0.717) is 13.1 Å². The molecular formula is C18H24N2O4. The average Bonchev–Trinajstić information content (AvgIpc) is 2.95. The van der Waals surface area contributed by atoms with E-state index in [0.717, 1.165) is 12.0 Å². The number of amides is 2. The first-order valence-electron chi connectivity index (χ1n) is 8.30. The summed E-state index contributed by atoms with van der Waals surface area (Å²) in [5.74, 6) is -1.16. The van der Waals surface area contributed by atoms with Crippen molar-refractivity contribution in [2.24, 2.45) is 5.92 Å². The van der Waals surface area contributed by atoms with Crippen LogP contribution in [0.4, 0.5) is 0 Å². The first-order chi connectivity index (χ1) is 11.5. The summed E-state index contributed by atoms with van der Waals surface area (Å²) in [5.41, 5.74) is 1.16. The second-order valence-corrected chi connectivity index (χ2v) is 5.96. The molecule has 1 aromatic rings. The van der Waals surface area contributed by atoms with Gasteiger partial charge in [-0.3, -0.25) is 9.59 Å². The van der Waals surface area contributed by atoms with Gasteiger partial charge in [0, 0.05) is 19.5 Å². The fourth-order valence-corrected chi connectivity index (χ4v) is 2.73. The van der Waals surface area contributed by atoms with Gasteiger partial charge in [0.05, 0.1) is 12.5 Å². The molecule has 1 saturated heterocycles. The third-order valence-electron chi connectivity index (χ3n) is 4.10. The minimum absolute atomic E-state index is 0.0186. The lowest BCUT2D eigenvalue weighted by atomic mass is 10.1. The SMILES string of the molecule is CCOC(=O)[C@@H](C)NC(=O)[C@@H]1CC(=O)N(CCc2ccccc2)C1. The lowest BCUT2D eigenvalue weighted by Crippen LogP contribution is -2.43. The largest absolute Gasteiger partial charge is 0.464 e. The van der Waals surface area contributed by atoms with Gasteiger partial charge < -0.3 is 15.0 Å². The van der Waals surface area contributed by atoms with Crippen molar-refractivity contribution >= 4 is 17.8 Å². The number of nitrogens with one attached hydrogen (secondary N) is 1. The van der Waals surface area contributed by atoms with Gasteiger partial charge in [0.15, 0.2) is 0 Å². The summed E-state index contributed by atoms with van der Waals surface area (Å²) in [5, 5.41) is 2.63. The standard InChI is InChI=1S/C18H24N2O4/c1-3-24-18(23)13(2)19-17(22)15-11-16(21)20(12-15)10-9-14-7-5-4-6-8-14/h4-8,13,15H,3,9-12H2,1-2H3,(H,19,22)/t13-,15-/m1/s1. The van der Waals surface area contributed by atoms with Crippen molar-refractivity contribution in [3.8, 4) is 0 Å². The van der Waals surface area contributed by atoms with Gasteiger partial charge in [-0.1, -0.05) is 30.3 Å². The number of benzene rings is 1. The molecule has 1 aromatic carbocycles.